The number of carbonyl (C=O) groups excluding carboxylic acids is 1. The Hall–Kier alpha value is -1.50. The number of anilines is 1. The molecule has 0 fully saturated rings. The maximum Gasteiger partial charge on any atom is 0.227 e. The van der Waals surface area contributed by atoms with Gasteiger partial charge >= 0.3 is 0 Å². The minimum absolute atomic E-state index is 0.0409. The molecule has 102 valence electrons. The minimum atomic E-state index is -0.0742. The molecular formula is C15H19ClN2O. The van der Waals surface area contributed by atoms with Crippen LogP contribution in [0, 0.1) is 23.7 Å². The average Bonchev–Trinajstić information content (AvgIpc) is 2.38. The van der Waals surface area contributed by atoms with Crippen molar-refractivity contribution in [3.8, 4) is 11.8 Å². The molecule has 3 nitrogen and oxygen atoms in total. The van der Waals surface area contributed by atoms with Crippen molar-refractivity contribution in [2.75, 3.05) is 11.9 Å². The van der Waals surface area contributed by atoms with Crippen LogP contribution < -0.4 is 11.1 Å². The van der Waals surface area contributed by atoms with Gasteiger partial charge in [-0.15, -0.1) is 0 Å². The van der Waals surface area contributed by atoms with Gasteiger partial charge in [0.15, 0.2) is 0 Å². The van der Waals surface area contributed by atoms with E-state index in [1.807, 2.05) is 20.8 Å². The molecule has 0 aliphatic carbocycles. The fraction of sp³-hybridized carbons (Fsp3) is 0.400. The van der Waals surface area contributed by atoms with Crippen molar-refractivity contribution in [2.45, 2.75) is 20.8 Å². The predicted octanol–water partition coefficient (Wildman–Crippen LogP) is 2.88. The number of hydrogen-bond donors (Lipinski definition) is 2. The van der Waals surface area contributed by atoms with Crippen molar-refractivity contribution in [1.82, 2.24) is 0 Å². The molecule has 0 saturated carbocycles. The molecule has 1 unspecified atom stereocenters. The van der Waals surface area contributed by atoms with Crippen LogP contribution in [0.4, 0.5) is 5.69 Å². The molecular weight excluding hydrogens is 260 g/mol. The highest BCUT2D eigenvalue weighted by Crippen LogP contribution is 2.24. The highest BCUT2D eigenvalue weighted by atomic mass is 35.5. The maximum atomic E-state index is 12.0. The molecule has 0 heterocycles. The zero-order valence-corrected chi connectivity index (χ0v) is 12.2. The van der Waals surface area contributed by atoms with Crippen molar-refractivity contribution in [3.05, 3.63) is 28.8 Å². The summed E-state index contributed by atoms with van der Waals surface area (Å²) < 4.78 is 0. The summed E-state index contributed by atoms with van der Waals surface area (Å²) in [7, 11) is 0. The SMILES string of the molecule is CC(C)C(C)C(=O)Nc1cc(C#CCN)ccc1Cl. The van der Waals surface area contributed by atoms with Crippen molar-refractivity contribution < 1.29 is 4.79 Å². The summed E-state index contributed by atoms with van der Waals surface area (Å²) in [6.07, 6.45) is 0. The molecule has 4 heteroatoms. The Bertz CT molecular complexity index is 515. The number of nitrogens with one attached hydrogen (secondary N) is 1. The van der Waals surface area contributed by atoms with Gasteiger partial charge in [0.1, 0.15) is 0 Å². The lowest BCUT2D eigenvalue weighted by molar-refractivity contribution is -0.120. The molecule has 0 radical (unpaired) electrons. The largest absolute Gasteiger partial charge is 0.324 e. The van der Waals surface area contributed by atoms with Crippen LogP contribution in [-0.4, -0.2) is 12.5 Å². The first-order valence-electron chi connectivity index (χ1n) is 6.25. The van der Waals surface area contributed by atoms with Crippen LogP contribution in [-0.2, 0) is 4.79 Å². The van der Waals surface area contributed by atoms with Crippen molar-refractivity contribution in [2.24, 2.45) is 17.6 Å². The molecule has 3 N–H and O–H groups in total. The van der Waals surface area contributed by atoms with E-state index in [2.05, 4.69) is 17.2 Å². The number of amides is 1. The Balaban J connectivity index is 2.91. The molecule has 0 spiro atoms. The Kier molecular flexibility index (Phi) is 5.88. The van der Waals surface area contributed by atoms with Crippen molar-refractivity contribution >= 4 is 23.2 Å². The number of halogens is 1. The van der Waals surface area contributed by atoms with Gasteiger partial charge in [-0.2, -0.15) is 0 Å². The highest BCUT2D eigenvalue weighted by molar-refractivity contribution is 6.33. The Morgan fingerprint density at radius 2 is 2.11 bits per heavy atom. The van der Waals surface area contributed by atoms with Gasteiger partial charge in [-0.3, -0.25) is 4.79 Å². The van der Waals surface area contributed by atoms with E-state index < -0.39 is 0 Å². The Labute approximate surface area is 119 Å². The minimum Gasteiger partial charge on any atom is -0.324 e. The van der Waals surface area contributed by atoms with Crippen LogP contribution in [0.25, 0.3) is 0 Å². The standard InChI is InChI=1S/C15H19ClN2O/c1-10(2)11(3)15(19)18-14-9-12(5-4-8-17)6-7-13(14)16/h6-7,9-11H,8,17H2,1-3H3,(H,18,19). The second-order valence-electron chi connectivity index (χ2n) is 4.72. The first kappa shape index (κ1) is 15.6. The summed E-state index contributed by atoms with van der Waals surface area (Å²) in [5.74, 6) is 5.84. The normalized spacial score (nSPS) is 11.7. The van der Waals surface area contributed by atoms with E-state index in [4.69, 9.17) is 17.3 Å². The van der Waals surface area contributed by atoms with Crippen molar-refractivity contribution in [3.63, 3.8) is 0 Å². The summed E-state index contributed by atoms with van der Waals surface area (Å²) in [5, 5.41) is 3.34. The van der Waals surface area contributed by atoms with E-state index in [0.29, 0.717) is 17.3 Å². The fourth-order valence-electron chi connectivity index (χ4n) is 1.40. The van der Waals surface area contributed by atoms with Gasteiger partial charge in [0.2, 0.25) is 5.91 Å². The van der Waals surface area contributed by atoms with Crippen LogP contribution in [0.2, 0.25) is 5.02 Å². The maximum absolute atomic E-state index is 12.0. The van der Waals surface area contributed by atoms with Crippen LogP contribution >= 0.6 is 11.6 Å². The number of nitrogens with two attached hydrogens (primary N) is 1. The van der Waals surface area contributed by atoms with Crippen LogP contribution in [0.5, 0.6) is 0 Å². The third-order valence-electron chi connectivity index (χ3n) is 2.97. The van der Waals surface area contributed by atoms with Crippen LogP contribution in [0.15, 0.2) is 18.2 Å². The van der Waals surface area contributed by atoms with Gasteiger partial charge in [-0.25, -0.2) is 0 Å². The predicted molar refractivity (Wildman–Crippen MR) is 80.0 cm³/mol. The summed E-state index contributed by atoms with van der Waals surface area (Å²) >= 11 is 6.07. The zero-order chi connectivity index (χ0) is 14.4. The molecule has 1 amide bonds. The second kappa shape index (κ2) is 7.18. The molecule has 0 aromatic heterocycles. The number of benzene rings is 1. The quantitative estimate of drug-likeness (QED) is 0.836. The molecule has 1 rings (SSSR count). The van der Waals surface area contributed by atoms with E-state index >= 15 is 0 Å². The molecule has 1 atom stereocenters. The van der Waals surface area contributed by atoms with Gasteiger partial charge in [-0.1, -0.05) is 44.2 Å². The Morgan fingerprint density at radius 3 is 2.68 bits per heavy atom. The van der Waals surface area contributed by atoms with Gasteiger partial charge < -0.3 is 11.1 Å². The number of hydrogen-bond acceptors (Lipinski definition) is 2. The summed E-state index contributed by atoms with van der Waals surface area (Å²) in [6.45, 7) is 6.21. The smallest absolute Gasteiger partial charge is 0.227 e. The Morgan fingerprint density at radius 1 is 1.42 bits per heavy atom. The average molecular weight is 279 g/mol. The molecule has 0 saturated heterocycles. The van der Waals surface area contributed by atoms with Gasteiger partial charge in [0.05, 0.1) is 17.3 Å². The number of rotatable bonds is 3. The first-order chi connectivity index (χ1) is 8.95. The van der Waals surface area contributed by atoms with Crippen LogP contribution in [0.1, 0.15) is 26.3 Å². The third kappa shape index (κ3) is 4.59. The second-order valence-corrected chi connectivity index (χ2v) is 5.13. The monoisotopic (exact) mass is 278 g/mol. The van der Waals surface area contributed by atoms with Crippen molar-refractivity contribution in [1.29, 1.82) is 0 Å². The summed E-state index contributed by atoms with van der Waals surface area (Å²) in [4.78, 5) is 12.0. The molecule has 0 bridgehead atoms. The first-order valence-corrected chi connectivity index (χ1v) is 6.62. The fourth-order valence-corrected chi connectivity index (χ4v) is 1.57. The molecule has 0 aliphatic rings. The zero-order valence-electron chi connectivity index (χ0n) is 11.5. The van der Waals surface area contributed by atoms with E-state index in [1.54, 1.807) is 18.2 Å². The van der Waals surface area contributed by atoms with E-state index in [1.165, 1.54) is 0 Å². The molecule has 0 aliphatic heterocycles. The highest BCUT2D eigenvalue weighted by Gasteiger charge is 2.17. The summed E-state index contributed by atoms with van der Waals surface area (Å²) in [5.41, 5.74) is 6.69. The lowest BCUT2D eigenvalue weighted by Gasteiger charge is -2.16. The van der Waals surface area contributed by atoms with Crippen LogP contribution in [0.3, 0.4) is 0 Å². The van der Waals surface area contributed by atoms with E-state index in [0.717, 1.165) is 5.56 Å². The van der Waals surface area contributed by atoms with Gasteiger partial charge in [0.25, 0.3) is 0 Å². The molecule has 1 aromatic rings. The van der Waals surface area contributed by atoms with Gasteiger partial charge in [0, 0.05) is 11.5 Å². The lowest BCUT2D eigenvalue weighted by Crippen LogP contribution is -2.24. The topological polar surface area (TPSA) is 55.1 Å². The summed E-state index contributed by atoms with van der Waals surface area (Å²) in [6, 6.07) is 5.28. The van der Waals surface area contributed by atoms with Gasteiger partial charge in [-0.05, 0) is 24.1 Å². The van der Waals surface area contributed by atoms with E-state index in [-0.39, 0.29) is 17.7 Å². The lowest BCUT2D eigenvalue weighted by atomic mass is 9.97. The number of carbonyl (C=O) groups is 1. The van der Waals surface area contributed by atoms with E-state index in [9.17, 15) is 4.79 Å². The molecule has 19 heavy (non-hydrogen) atoms. The third-order valence-corrected chi connectivity index (χ3v) is 3.30. The molecule has 1 aromatic carbocycles.